The van der Waals surface area contributed by atoms with Gasteiger partial charge in [0.2, 0.25) is 0 Å². The minimum absolute atomic E-state index is 0. The van der Waals surface area contributed by atoms with E-state index in [0.717, 1.165) is 12.0 Å². The number of hydrogen-bond donors (Lipinski definition) is 2. The molecule has 7 nitrogen and oxygen atoms in total. The molecule has 134 valence electrons. The maximum Gasteiger partial charge on any atom is 0.347 e. The smallest absolute Gasteiger partial charge is 0.347 e. The fourth-order valence-electron chi connectivity index (χ4n) is 2.75. The number of nitrogens with one attached hydrogen (secondary N) is 1. The fourth-order valence-corrected chi connectivity index (χ4v) is 2.75. The Morgan fingerprint density at radius 2 is 2.20 bits per heavy atom. The van der Waals surface area contributed by atoms with Crippen molar-refractivity contribution >= 4 is 24.0 Å². The minimum Gasteiger partial charge on any atom is -0.364 e. The molecular weight excluding hydrogens is 344 g/mol. The SMILES string of the molecule is Cl.NC[C@H]1CC[C@@H](C(=O)Nc2cccc(Cn3cccnc3=O)c2)O1. The number of ether oxygens (including phenoxy) is 1. The highest BCUT2D eigenvalue weighted by atomic mass is 35.5. The summed E-state index contributed by atoms with van der Waals surface area (Å²) in [5, 5.41) is 2.86. The second-order valence-corrected chi connectivity index (χ2v) is 5.78. The van der Waals surface area contributed by atoms with Gasteiger partial charge in [0.05, 0.1) is 12.6 Å². The first-order valence-electron chi connectivity index (χ1n) is 7.92. The highest BCUT2D eigenvalue weighted by Gasteiger charge is 2.29. The van der Waals surface area contributed by atoms with Gasteiger partial charge in [-0.15, -0.1) is 12.4 Å². The maximum absolute atomic E-state index is 12.3. The summed E-state index contributed by atoms with van der Waals surface area (Å²) in [5.41, 5.74) is 6.83. The lowest BCUT2D eigenvalue weighted by Gasteiger charge is -2.13. The van der Waals surface area contributed by atoms with E-state index in [1.165, 1.54) is 10.8 Å². The molecule has 2 atom stereocenters. The predicted molar refractivity (Wildman–Crippen MR) is 96.9 cm³/mol. The Labute approximate surface area is 151 Å². The van der Waals surface area contributed by atoms with E-state index in [9.17, 15) is 9.59 Å². The van der Waals surface area contributed by atoms with Gasteiger partial charge < -0.3 is 15.8 Å². The topological polar surface area (TPSA) is 99.2 Å². The molecule has 3 rings (SSSR count). The number of hydrogen-bond acceptors (Lipinski definition) is 5. The molecule has 0 aliphatic carbocycles. The lowest BCUT2D eigenvalue weighted by Crippen LogP contribution is -2.29. The van der Waals surface area contributed by atoms with Gasteiger partial charge in [-0.2, -0.15) is 0 Å². The lowest BCUT2D eigenvalue weighted by atomic mass is 10.1. The minimum atomic E-state index is -0.455. The number of amides is 1. The van der Waals surface area contributed by atoms with Gasteiger partial charge in [-0.3, -0.25) is 9.36 Å². The van der Waals surface area contributed by atoms with E-state index >= 15 is 0 Å². The summed E-state index contributed by atoms with van der Waals surface area (Å²) in [5.74, 6) is -0.165. The number of anilines is 1. The Kier molecular flexibility index (Phi) is 6.69. The Bertz CT molecular complexity index is 780. The normalized spacial score (nSPS) is 19.2. The van der Waals surface area contributed by atoms with Crippen molar-refractivity contribution in [1.82, 2.24) is 9.55 Å². The first-order chi connectivity index (χ1) is 11.7. The van der Waals surface area contributed by atoms with E-state index in [-0.39, 0.29) is 30.1 Å². The second-order valence-electron chi connectivity index (χ2n) is 5.78. The molecule has 1 fully saturated rings. The third kappa shape index (κ3) is 4.88. The molecule has 0 radical (unpaired) electrons. The number of carbonyl (C=O) groups excluding carboxylic acids is 1. The summed E-state index contributed by atoms with van der Waals surface area (Å²) < 4.78 is 7.10. The molecule has 1 aromatic heterocycles. The number of carbonyl (C=O) groups is 1. The molecule has 8 heteroatoms. The van der Waals surface area contributed by atoms with Crippen molar-refractivity contribution in [3.63, 3.8) is 0 Å². The Morgan fingerprint density at radius 1 is 1.36 bits per heavy atom. The number of halogens is 1. The van der Waals surface area contributed by atoms with Crippen LogP contribution >= 0.6 is 12.4 Å². The second kappa shape index (κ2) is 8.75. The molecule has 0 unspecified atom stereocenters. The summed E-state index contributed by atoms with van der Waals surface area (Å²) in [6, 6.07) is 9.09. The Balaban J connectivity index is 0.00000225. The molecule has 0 bridgehead atoms. The molecule has 2 aromatic rings. The highest BCUT2D eigenvalue weighted by molar-refractivity contribution is 5.94. The fraction of sp³-hybridized carbons (Fsp3) is 0.353. The van der Waals surface area contributed by atoms with Gasteiger partial charge in [-0.05, 0) is 36.6 Å². The number of nitrogens with two attached hydrogens (primary N) is 1. The van der Waals surface area contributed by atoms with Gasteiger partial charge >= 0.3 is 5.69 Å². The van der Waals surface area contributed by atoms with Gasteiger partial charge in [0.25, 0.3) is 5.91 Å². The predicted octanol–water partition coefficient (Wildman–Crippen LogP) is 1.16. The number of aromatic nitrogens is 2. The zero-order valence-electron chi connectivity index (χ0n) is 13.6. The van der Waals surface area contributed by atoms with Gasteiger partial charge in [-0.25, -0.2) is 9.78 Å². The van der Waals surface area contributed by atoms with Crippen molar-refractivity contribution in [2.45, 2.75) is 31.6 Å². The van der Waals surface area contributed by atoms with E-state index in [1.807, 2.05) is 24.3 Å². The Hall–Kier alpha value is -2.22. The third-order valence-electron chi connectivity index (χ3n) is 3.99. The van der Waals surface area contributed by atoms with Crippen molar-refractivity contribution in [3.05, 3.63) is 58.8 Å². The lowest BCUT2D eigenvalue weighted by molar-refractivity contribution is -0.126. The van der Waals surface area contributed by atoms with Crippen LogP contribution in [0.3, 0.4) is 0 Å². The third-order valence-corrected chi connectivity index (χ3v) is 3.99. The van der Waals surface area contributed by atoms with Crippen molar-refractivity contribution < 1.29 is 9.53 Å². The molecular formula is C17H21ClN4O3. The molecule has 1 aliphatic rings. The van der Waals surface area contributed by atoms with Gasteiger partial charge in [0, 0.05) is 24.6 Å². The van der Waals surface area contributed by atoms with Crippen LogP contribution in [0.1, 0.15) is 18.4 Å². The van der Waals surface area contributed by atoms with Crippen LogP contribution in [0.15, 0.2) is 47.5 Å². The van der Waals surface area contributed by atoms with Gasteiger partial charge in [0.1, 0.15) is 6.10 Å². The molecule has 0 spiro atoms. The summed E-state index contributed by atoms with van der Waals surface area (Å²) in [7, 11) is 0. The van der Waals surface area contributed by atoms with Crippen LogP contribution in [0.25, 0.3) is 0 Å². The van der Waals surface area contributed by atoms with Gasteiger partial charge in [0.15, 0.2) is 0 Å². The van der Waals surface area contributed by atoms with E-state index < -0.39 is 6.10 Å². The van der Waals surface area contributed by atoms with E-state index in [1.54, 1.807) is 12.3 Å². The quantitative estimate of drug-likeness (QED) is 0.829. The molecule has 1 saturated heterocycles. The average molecular weight is 365 g/mol. The monoisotopic (exact) mass is 364 g/mol. The van der Waals surface area contributed by atoms with Crippen LogP contribution < -0.4 is 16.7 Å². The Morgan fingerprint density at radius 3 is 2.92 bits per heavy atom. The van der Waals surface area contributed by atoms with Crippen LogP contribution in [-0.2, 0) is 16.1 Å². The van der Waals surface area contributed by atoms with Crippen LogP contribution in [-0.4, -0.2) is 34.2 Å². The number of benzene rings is 1. The summed E-state index contributed by atoms with van der Waals surface area (Å²) >= 11 is 0. The zero-order chi connectivity index (χ0) is 16.9. The molecule has 1 aliphatic heterocycles. The van der Waals surface area contributed by atoms with Crippen LogP contribution in [0.4, 0.5) is 5.69 Å². The molecule has 0 saturated carbocycles. The summed E-state index contributed by atoms with van der Waals surface area (Å²) in [6.07, 6.45) is 4.13. The molecule has 3 N–H and O–H groups in total. The molecule has 1 amide bonds. The van der Waals surface area contributed by atoms with Gasteiger partial charge in [-0.1, -0.05) is 12.1 Å². The largest absolute Gasteiger partial charge is 0.364 e. The molecule has 25 heavy (non-hydrogen) atoms. The number of rotatable bonds is 5. The van der Waals surface area contributed by atoms with Crippen molar-refractivity contribution in [3.8, 4) is 0 Å². The summed E-state index contributed by atoms with van der Waals surface area (Å²) in [4.78, 5) is 27.7. The van der Waals surface area contributed by atoms with E-state index in [2.05, 4.69) is 10.3 Å². The number of nitrogens with zero attached hydrogens (tertiary/aromatic N) is 2. The van der Waals surface area contributed by atoms with E-state index in [0.29, 0.717) is 25.2 Å². The molecule has 2 heterocycles. The van der Waals surface area contributed by atoms with Crippen LogP contribution in [0, 0.1) is 0 Å². The maximum atomic E-state index is 12.3. The highest BCUT2D eigenvalue weighted by Crippen LogP contribution is 2.21. The zero-order valence-corrected chi connectivity index (χ0v) is 14.4. The first-order valence-corrected chi connectivity index (χ1v) is 7.92. The van der Waals surface area contributed by atoms with Crippen LogP contribution in [0.5, 0.6) is 0 Å². The molecule has 1 aromatic carbocycles. The first kappa shape index (κ1) is 19.1. The van der Waals surface area contributed by atoms with E-state index in [4.69, 9.17) is 10.5 Å². The summed E-state index contributed by atoms with van der Waals surface area (Å²) in [6.45, 7) is 0.824. The van der Waals surface area contributed by atoms with Crippen molar-refractivity contribution in [1.29, 1.82) is 0 Å². The van der Waals surface area contributed by atoms with Crippen molar-refractivity contribution in [2.24, 2.45) is 5.73 Å². The van der Waals surface area contributed by atoms with Crippen LogP contribution in [0.2, 0.25) is 0 Å². The standard InChI is InChI=1S/C17H20N4O3.ClH/c18-10-14-5-6-15(24-14)16(22)20-13-4-1-3-12(9-13)11-21-8-2-7-19-17(21)23;/h1-4,7-9,14-15H,5-6,10-11,18H2,(H,20,22);1H/t14-,15+;/m1./s1. The average Bonchev–Trinajstić information content (AvgIpc) is 3.07. The van der Waals surface area contributed by atoms with Crippen molar-refractivity contribution in [2.75, 3.05) is 11.9 Å².